The molecule has 2 aromatic heterocycles. The second-order valence-corrected chi connectivity index (χ2v) is 3.49. The number of hydrogen-bond acceptors (Lipinski definition) is 5. The number of rotatable bonds is 3. The normalized spacial score (nSPS) is 10.3. The van der Waals surface area contributed by atoms with Gasteiger partial charge in [0.2, 0.25) is 0 Å². The maximum Gasteiger partial charge on any atom is 0.338 e. The van der Waals surface area contributed by atoms with Crippen LogP contribution in [0.4, 0.5) is 0 Å². The molecule has 0 fully saturated rings. The molecular weight excluding hydrogens is 204 g/mol. The molecule has 0 radical (unpaired) electrons. The van der Waals surface area contributed by atoms with Crippen molar-refractivity contribution in [1.82, 2.24) is 19.4 Å². The fourth-order valence-electron chi connectivity index (χ4n) is 0.977. The highest BCUT2D eigenvalue weighted by Crippen LogP contribution is 2.05. The molecule has 0 atom stereocenters. The predicted molar refractivity (Wildman–Crippen MR) is 48.2 cm³/mol. The summed E-state index contributed by atoms with van der Waals surface area (Å²) in [5.41, 5.74) is 0.183. The zero-order chi connectivity index (χ0) is 9.97. The van der Waals surface area contributed by atoms with Crippen LogP contribution in [0.3, 0.4) is 0 Å². The molecule has 0 aliphatic rings. The molecule has 7 heteroatoms. The molecule has 0 aromatic carbocycles. The van der Waals surface area contributed by atoms with E-state index in [1.54, 1.807) is 10.9 Å². The van der Waals surface area contributed by atoms with E-state index in [2.05, 4.69) is 14.7 Å². The van der Waals surface area contributed by atoms with Crippen molar-refractivity contribution < 1.29 is 9.90 Å². The van der Waals surface area contributed by atoms with Gasteiger partial charge in [-0.25, -0.2) is 4.79 Å². The first kappa shape index (κ1) is 8.82. The largest absolute Gasteiger partial charge is 0.478 e. The molecule has 0 aliphatic carbocycles. The molecule has 0 saturated carbocycles. The summed E-state index contributed by atoms with van der Waals surface area (Å²) < 4.78 is 5.23. The SMILES string of the molecule is O=C(O)c1cnn(Cc2cnns2)c1. The fraction of sp³-hybridized carbons (Fsp3) is 0.143. The third-order valence-electron chi connectivity index (χ3n) is 1.60. The Morgan fingerprint density at radius 3 is 3.00 bits per heavy atom. The van der Waals surface area contributed by atoms with Crippen LogP contribution >= 0.6 is 11.5 Å². The summed E-state index contributed by atoms with van der Waals surface area (Å²) >= 11 is 1.27. The summed E-state index contributed by atoms with van der Waals surface area (Å²) in [6.45, 7) is 0.505. The quantitative estimate of drug-likeness (QED) is 0.796. The van der Waals surface area contributed by atoms with Crippen LogP contribution < -0.4 is 0 Å². The van der Waals surface area contributed by atoms with Crippen LogP contribution in [0.1, 0.15) is 15.2 Å². The van der Waals surface area contributed by atoms with E-state index < -0.39 is 5.97 Å². The van der Waals surface area contributed by atoms with Gasteiger partial charge in [0.15, 0.2) is 0 Å². The molecule has 0 unspecified atom stereocenters. The van der Waals surface area contributed by atoms with Crippen molar-refractivity contribution in [2.24, 2.45) is 0 Å². The highest BCUT2D eigenvalue weighted by atomic mass is 32.1. The lowest BCUT2D eigenvalue weighted by Gasteiger charge is -1.94. The molecule has 14 heavy (non-hydrogen) atoms. The zero-order valence-corrected chi connectivity index (χ0v) is 7.81. The van der Waals surface area contributed by atoms with Crippen LogP contribution in [0, 0.1) is 0 Å². The maximum atomic E-state index is 10.5. The molecule has 0 amide bonds. The van der Waals surface area contributed by atoms with Crippen molar-refractivity contribution in [3.63, 3.8) is 0 Å². The minimum atomic E-state index is -0.973. The summed E-state index contributed by atoms with van der Waals surface area (Å²) in [7, 11) is 0. The highest BCUT2D eigenvalue weighted by molar-refractivity contribution is 7.05. The third-order valence-corrected chi connectivity index (χ3v) is 2.25. The Hall–Kier alpha value is -1.76. The van der Waals surface area contributed by atoms with Crippen molar-refractivity contribution in [2.75, 3.05) is 0 Å². The molecule has 6 nitrogen and oxygen atoms in total. The van der Waals surface area contributed by atoms with Crippen molar-refractivity contribution in [3.05, 3.63) is 29.0 Å². The van der Waals surface area contributed by atoms with E-state index >= 15 is 0 Å². The van der Waals surface area contributed by atoms with Crippen molar-refractivity contribution >= 4 is 17.5 Å². The minimum Gasteiger partial charge on any atom is -0.478 e. The number of hydrogen-bond donors (Lipinski definition) is 1. The lowest BCUT2D eigenvalue weighted by molar-refractivity contribution is 0.0697. The first-order chi connectivity index (χ1) is 6.75. The third kappa shape index (κ3) is 1.77. The second kappa shape index (κ2) is 3.54. The Labute approximate surface area is 83.0 Å². The van der Waals surface area contributed by atoms with Crippen LogP contribution in [0.2, 0.25) is 0 Å². The molecule has 0 bridgehead atoms. The van der Waals surface area contributed by atoms with Gasteiger partial charge in [-0.3, -0.25) is 4.68 Å². The van der Waals surface area contributed by atoms with E-state index in [4.69, 9.17) is 5.11 Å². The van der Waals surface area contributed by atoms with E-state index in [0.29, 0.717) is 6.54 Å². The van der Waals surface area contributed by atoms with Crippen LogP contribution in [0.15, 0.2) is 18.6 Å². The van der Waals surface area contributed by atoms with Gasteiger partial charge in [0.25, 0.3) is 0 Å². The Kier molecular flexibility index (Phi) is 2.23. The Bertz CT molecular complexity index is 436. The maximum absolute atomic E-state index is 10.5. The van der Waals surface area contributed by atoms with Crippen LogP contribution in [0.5, 0.6) is 0 Å². The van der Waals surface area contributed by atoms with E-state index in [1.807, 2.05) is 0 Å². The smallest absolute Gasteiger partial charge is 0.338 e. The molecule has 0 spiro atoms. The lowest BCUT2D eigenvalue weighted by atomic mass is 10.4. The molecular formula is C7H6N4O2S. The number of carboxylic acids is 1. The molecule has 2 aromatic rings. The lowest BCUT2D eigenvalue weighted by Crippen LogP contribution is -1.98. The number of nitrogens with zero attached hydrogens (tertiary/aromatic N) is 4. The zero-order valence-electron chi connectivity index (χ0n) is 6.99. The van der Waals surface area contributed by atoms with Crippen LogP contribution in [-0.4, -0.2) is 30.4 Å². The van der Waals surface area contributed by atoms with E-state index in [9.17, 15) is 4.79 Å². The molecule has 1 N–H and O–H groups in total. The van der Waals surface area contributed by atoms with Gasteiger partial charge in [-0.15, -0.1) is 5.10 Å². The standard InChI is InChI=1S/C7H6N4O2S/c12-7(13)5-1-9-11(3-5)4-6-2-8-10-14-6/h1-3H,4H2,(H,12,13). The first-order valence-corrected chi connectivity index (χ1v) is 4.55. The Morgan fingerprint density at radius 2 is 2.43 bits per heavy atom. The van der Waals surface area contributed by atoms with E-state index in [-0.39, 0.29) is 5.56 Å². The van der Waals surface area contributed by atoms with Gasteiger partial charge in [-0.2, -0.15) is 5.10 Å². The molecule has 0 aliphatic heterocycles. The summed E-state index contributed by atoms with van der Waals surface area (Å²) in [4.78, 5) is 11.5. The monoisotopic (exact) mass is 210 g/mol. The number of carboxylic acid groups (broad SMARTS) is 1. The summed E-state index contributed by atoms with van der Waals surface area (Å²) in [6.07, 6.45) is 4.42. The second-order valence-electron chi connectivity index (χ2n) is 2.62. The first-order valence-electron chi connectivity index (χ1n) is 3.77. The van der Waals surface area contributed by atoms with Crippen LogP contribution in [-0.2, 0) is 6.54 Å². The van der Waals surface area contributed by atoms with Gasteiger partial charge in [-0.1, -0.05) is 4.49 Å². The van der Waals surface area contributed by atoms with Gasteiger partial charge < -0.3 is 5.11 Å². The van der Waals surface area contributed by atoms with Crippen molar-refractivity contribution in [3.8, 4) is 0 Å². The van der Waals surface area contributed by atoms with Gasteiger partial charge in [0.1, 0.15) is 0 Å². The molecule has 0 saturated heterocycles. The van der Waals surface area contributed by atoms with Crippen LogP contribution in [0.25, 0.3) is 0 Å². The number of aromatic carboxylic acids is 1. The number of carbonyl (C=O) groups is 1. The van der Waals surface area contributed by atoms with Gasteiger partial charge >= 0.3 is 5.97 Å². The molecule has 2 heterocycles. The Morgan fingerprint density at radius 1 is 1.57 bits per heavy atom. The summed E-state index contributed by atoms with van der Waals surface area (Å²) in [5.74, 6) is -0.973. The summed E-state index contributed by atoms with van der Waals surface area (Å²) in [5, 5.41) is 16.2. The van der Waals surface area contributed by atoms with Gasteiger partial charge in [-0.05, 0) is 11.5 Å². The van der Waals surface area contributed by atoms with Crippen molar-refractivity contribution in [2.45, 2.75) is 6.54 Å². The number of aromatic nitrogens is 4. The predicted octanol–water partition coefficient (Wildman–Crippen LogP) is 0.481. The fourth-order valence-corrected chi connectivity index (χ4v) is 1.46. The molecule has 2 rings (SSSR count). The molecule has 72 valence electrons. The average molecular weight is 210 g/mol. The van der Waals surface area contributed by atoms with E-state index in [0.717, 1.165) is 4.88 Å². The topological polar surface area (TPSA) is 80.9 Å². The van der Waals surface area contributed by atoms with Gasteiger partial charge in [0, 0.05) is 6.20 Å². The van der Waals surface area contributed by atoms with E-state index in [1.165, 1.54) is 23.9 Å². The summed E-state index contributed by atoms with van der Waals surface area (Å²) in [6, 6.07) is 0. The Balaban J connectivity index is 2.14. The minimum absolute atomic E-state index is 0.183. The van der Waals surface area contributed by atoms with Crippen molar-refractivity contribution in [1.29, 1.82) is 0 Å². The average Bonchev–Trinajstić information content (AvgIpc) is 2.75. The highest BCUT2D eigenvalue weighted by Gasteiger charge is 2.06. The van der Waals surface area contributed by atoms with Gasteiger partial charge in [0.05, 0.1) is 29.4 Å².